The minimum Gasteiger partial charge on any atom is -0.493 e. The summed E-state index contributed by atoms with van der Waals surface area (Å²) in [5.74, 6) is 1.43. The number of benzene rings is 2. The van der Waals surface area contributed by atoms with Crippen LogP contribution >= 0.6 is 0 Å². The van der Waals surface area contributed by atoms with Crippen molar-refractivity contribution in [3.63, 3.8) is 0 Å². The highest BCUT2D eigenvalue weighted by Gasteiger charge is 2.13. The Morgan fingerprint density at radius 2 is 1.47 bits per heavy atom. The van der Waals surface area contributed by atoms with Crippen molar-refractivity contribution in [2.45, 2.75) is 47.5 Å². The smallest absolute Gasteiger partial charge is 0.161 e. The summed E-state index contributed by atoms with van der Waals surface area (Å²) in [4.78, 5) is 9.26. The standard InChI is InChI=1S/C23H23N3O2.2C2H6/c1-4-20-19-11-23(28-3)22(27-2)10-18(19)16(13-26-20)8-14-7-15-9-17(24)5-6-21(15)25-12-14;2*1-2/h5-7,9-13H,4,8,24H2,1-3H3;2*1-2H3. The van der Waals surface area contributed by atoms with Gasteiger partial charge in [0.15, 0.2) is 11.5 Å². The maximum atomic E-state index is 5.93. The van der Waals surface area contributed by atoms with Crippen LogP contribution in [0.15, 0.2) is 48.8 Å². The Kier molecular flexibility index (Phi) is 9.26. The van der Waals surface area contributed by atoms with Crippen LogP contribution in [-0.4, -0.2) is 24.2 Å². The van der Waals surface area contributed by atoms with Gasteiger partial charge in [0.2, 0.25) is 0 Å². The monoisotopic (exact) mass is 433 g/mol. The van der Waals surface area contributed by atoms with Crippen molar-refractivity contribution < 1.29 is 9.47 Å². The second-order valence-corrected chi connectivity index (χ2v) is 6.81. The van der Waals surface area contributed by atoms with Gasteiger partial charge < -0.3 is 15.2 Å². The Morgan fingerprint density at radius 3 is 2.09 bits per heavy atom. The van der Waals surface area contributed by atoms with Crippen LogP contribution in [0.4, 0.5) is 5.69 Å². The van der Waals surface area contributed by atoms with E-state index < -0.39 is 0 Å². The number of aryl methyl sites for hydroxylation is 1. The third-order valence-electron chi connectivity index (χ3n) is 5.05. The molecule has 0 saturated heterocycles. The van der Waals surface area contributed by atoms with Crippen molar-refractivity contribution in [1.82, 2.24) is 9.97 Å². The van der Waals surface area contributed by atoms with Crippen LogP contribution in [0.3, 0.4) is 0 Å². The van der Waals surface area contributed by atoms with E-state index in [1.165, 1.54) is 0 Å². The topological polar surface area (TPSA) is 70.3 Å². The molecule has 0 fully saturated rings. The first-order valence-electron chi connectivity index (χ1n) is 11.3. The summed E-state index contributed by atoms with van der Waals surface area (Å²) in [5, 5.41) is 3.26. The summed E-state index contributed by atoms with van der Waals surface area (Å²) < 4.78 is 11.0. The second kappa shape index (κ2) is 11.9. The largest absolute Gasteiger partial charge is 0.493 e. The molecule has 2 heterocycles. The highest BCUT2D eigenvalue weighted by molar-refractivity contribution is 5.91. The average molecular weight is 434 g/mol. The van der Waals surface area contributed by atoms with Gasteiger partial charge in [-0.2, -0.15) is 0 Å². The Bertz CT molecular complexity index is 1170. The van der Waals surface area contributed by atoms with Gasteiger partial charge in [0.1, 0.15) is 0 Å². The zero-order valence-corrected chi connectivity index (χ0v) is 20.3. The SMILES string of the molecule is CC.CC.CCc1ncc(Cc2cnc3ccc(N)cc3c2)c2cc(OC)c(OC)cc12. The van der Waals surface area contributed by atoms with E-state index in [0.29, 0.717) is 11.5 Å². The maximum Gasteiger partial charge on any atom is 0.161 e. The first-order valence-corrected chi connectivity index (χ1v) is 11.3. The van der Waals surface area contributed by atoms with Crippen molar-refractivity contribution in [3.8, 4) is 11.5 Å². The molecule has 0 aliphatic heterocycles. The molecule has 2 N–H and O–H groups in total. The number of pyridine rings is 2. The second-order valence-electron chi connectivity index (χ2n) is 6.81. The van der Waals surface area contributed by atoms with Crippen LogP contribution in [0.25, 0.3) is 21.7 Å². The third kappa shape index (κ3) is 5.28. The number of aromatic nitrogens is 2. The maximum absolute atomic E-state index is 5.93. The molecule has 0 bridgehead atoms. The molecule has 4 rings (SSSR count). The van der Waals surface area contributed by atoms with E-state index in [0.717, 1.165) is 57.0 Å². The zero-order chi connectivity index (χ0) is 23.7. The van der Waals surface area contributed by atoms with Gasteiger partial charge in [-0.05, 0) is 59.3 Å². The lowest BCUT2D eigenvalue weighted by atomic mass is 9.98. The molecule has 0 aliphatic rings. The van der Waals surface area contributed by atoms with E-state index >= 15 is 0 Å². The van der Waals surface area contributed by atoms with Crippen LogP contribution in [0.2, 0.25) is 0 Å². The first kappa shape index (κ1) is 24.9. The number of fused-ring (bicyclic) bond motifs is 2. The van der Waals surface area contributed by atoms with Gasteiger partial charge in [0.25, 0.3) is 0 Å². The normalized spacial score (nSPS) is 10.1. The minimum atomic E-state index is 0.714. The Morgan fingerprint density at radius 1 is 0.812 bits per heavy atom. The van der Waals surface area contributed by atoms with Crippen molar-refractivity contribution in [3.05, 3.63) is 65.6 Å². The molecule has 170 valence electrons. The van der Waals surface area contributed by atoms with E-state index in [9.17, 15) is 0 Å². The summed E-state index contributed by atoms with van der Waals surface area (Å²) in [6.45, 7) is 10.1. The number of hydrogen-bond acceptors (Lipinski definition) is 5. The van der Waals surface area contributed by atoms with Gasteiger partial charge in [-0.3, -0.25) is 9.97 Å². The molecule has 0 radical (unpaired) electrons. The number of nitrogen functional groups attached to an aromatic ring is 1. The molecular formula is C27H35N3O2. The third-order valence-corrected chi connectivity index (χ3v) is 5.05. The molecule has 0 spiro atoms. The quantitative estimate of drug-likeness (QED) is 0.360. The number of rotatable bonds is 5. The fraction of sp³-hybridized carbons (Fsp3) is 0.333. The molecule has 0 saturated carbocycles. The molecule has 4 aromatic rings. The van der Waals surface area contributed by atoms with Gasteiger partial charge in [-0.1, -0.05) is 34.6 Å². The Hall–Kier alpha value is -3.34. The summed E-state index contributed by atoms with van der Waals surface area (Å²) in [6.07, 6.45) is 5.44. The summed E-state index contributed by atoms with van der Waals surface area (Å²) in [5.41, 5.74) is 10.9. The molecule has 5 heteroatoms. The highest BCUT2D eigenvalue weighted by atomic mass is 16.5. The number of hydrogen-bond donors (Lipinski definition) is 1. The van der Waals surface area contributed by atoms with Crippen molar-refractivity contribution in [2.24, 2.45) is 0 Å². The van der Waals surface area contributed by atoms with Gasteiger partial charge in [0, 0.05) is 41.0 Å². The summed E-state index contributed by atoms with van der Waals surface area (Å²) in [6, 6.07) is 12.0. The average Bonchev–Trinajstić information content (AvgIpc) is 2.85. The number of ether oxygens (including phenoxy) is 2. The van der Waals surface area contributed by atoms with E-state index in [1.54, 1.807) is 14.2 Å². The number of methoxy groups -OCH3 is 2. The van der Waals surface area contributed by atoms with E-state index in [4.69, 9.17) is 20.2 Å². The fourth-order valence-corrected chi connectivity index (χ4v) is 3.61. The van der Waals surface area contributed by atoms with Crippen LogP contribution in [0, 0.1) is 0 Å². The lowest BCUT2D eigenvalue weighted by Gasteiger charge is -2.14. The summed E-state index contributed by atoms with van der Waals surface area (Å²) >= 11 is 0. The molecule has 5 nitrogen and oxygen atoms in total. The lowest BCUT2D eigenvalue weighted by molar-refractivity contribution is 0.356. The fourth-order valence-electron chi connectivity index (χ4n) is 3.61. The Balaban J connectivity index is 0.000000860. The van der Waals surface area contributed by atoms with Crippen molar-refractivity contribution >= 4 is 27.4 Å². The van der Waals surface area contributed by atoms with Crippen molar-refractivity contribution in [2.75, 3.05) is 20.0 Å². The molecule has 2 aromatic heterocycles. The van der Waals surface area contributed by atoms with Crippen LogP contribution in [-0.2, 0) is 12.8 Å². The highest BCUT2D eigenvalue weighted by Crippen LogP contribution is 2.35. The zero-order valence-electron chi connectivity index (χ0n) is 20.3. The minimum absolute atomic E-state index is 0.714. The molecule has 0 atom stereocenters. The first-order chi connectivity index (χ1) is 15.6. The molecule has 0 unspecified atom stereocenters. The van der Waals surface area contributed by atoms with Crippen LogP contribution in [0.5, 0.6) is 11.5 Å². The van der Waals surface area contributed by atoms with E-state index in [2.05, 4.69) is 18.0 Å². The van der Waals surface area contributed by atoms with Gasteiger partial charge in [-0.15, -0.1) is 0 Å². The Labute approximate surface area is 191 Å². The van der Waals surface area contributed by atoms with E-state index in [-0.39, 0.29) is 0 Å². The van der Waals surface area contributed by atoms with Gasteiger partial charge >= 0.3 is 0 Å². The van der Waals surface area contributed by atoms with Crippen LogP contribution < -0.4 is 15.2 Å². The predicted octanol–water partition coefficient (Wildman–Crippen LogP) is 6.59. The lowest BCUT2D eigenvalue weighted by Crippen LogP contribution is -1.99. The van der Waals surface area contributed by atoms with E-state index in [1.807, 2.05) is 70.4 Å². The number of anilines is 1. The molecule has 0 aliphatic carbocycles. The van der Waals surface area contributed by atoms with Crippen LogP contribution in [0.1, 0.15) is 51.4 Å². The number of nitrogens with two attached hydrogens (primary N) is 1. The van der Waals surface area contributed by atoms with Crippen molar-refractivity contribution in [1.29, 1.82) is 0 Å². The summed E-state index contributed by atoms with van der Waals surface area (Å²) in [7, 11) is 3.31. The predicted molar refractivity (Wildman–Crippen MR) is 136 cm³/mol. The molecule has 0 amide bonds. The molecule has 2 aromatic carbocycles. The number of nitrogens with zero attached hydrogens (tertiary/aromatic N) is 2. The molecular weight excluding hydrogens is 398 g/mol. The van der Waals surface area contributed by atoms with Gasteiger partial charge in [-0.25, -0.2) is 0 Å². The van der Waals surface area contributed by atoms with Gasteiger partial charge in [0.05, 0.1) is 19.7 Å². The molecule has 32 heavy (non-hydrogen) atoms.